The van der Waals surface area contributed by atoms with Gasteiger partial charge in [0.2, 0.25) is 0 Å². The van der Waals surface area contributed by atoms with Crippen LogP contribution in [0.1, 0.15) is 46.0 Å². The maximum Gasteiger partial charge on any atom is 0.252 e. The molecule has 1 aliphatic heterocycles. The Balaban J connectivity index is 2.18. The van der Waals surface area contributed by atoms with E-state index in [2.05, 4.69) is 0 Å². The molecule has 1 heterocycles. The number of carbonyl (C=O) groups is 1. The largest absolute Gasteiger partial charge is 0.358 e. The quantitative estimate of drug-likeness (QED) is 0.719. The maximum absolute atomic E-state index is 12.2. The van der Waals surface area contributed by atoms with Gasteiger partial charge in [-0.15, -0.1) is 0 Å². The van der Waals surface area contributed by atoms with Crippen molar-refractivity contribution in [2.24, 2.45) is 0 Å². The van der Waals surface area contributed by atoms with E-state index < -0.39 is 0 Å². The van der Waals surface area contributed by atoms with Crippen LogP contribution in [0.3, 0.4) is 0 Å². The molecule has 0 saturated heterocycles. The average molecular weight is 223 g/mol. The van der Waals surface area contributed by atoms with Gasteiger partial charge < -0.3 is 9.64 Å². The van der Waals surface area contributed by atoms with Gasteiger partial charge in [-0.05, 0) is 32.3 Å². The summed E-state index contributed by atoms with van der Waals surface area (Å²) in [6, 6.07) is 0.388. The second-order valence-electron chi connectivity index (χ2n) is 4.90. The SMILES string of the molecule is CO[C@@H]1C(C)=C(C)C(=O)N1C1CCCCC1. The van der Waals surface area contributed by atoms with Crippen LogP contribution in [0.25, 0.3) is 0 Å². The van der Waals surface area contributed by atoms with Crippen LogP contribution >= 0.6 is 0 Å². The van der Waals surface area contributed by atoms with Gasteiger partial charge in [-0.1, -0.05) is 19.3 Å². The molecule has 0 aromatic rings. The monoisotopic (exact) mass is 223 g/mol. The van der Waals surface area contributed by atoms with Gasteiger partial charge in [0.25, 0.3) is 5.91 Å². The van der Waals surface area contributed by atoms with Crippen molar-refractivity contribution >= 4 is 5.91 Å². The van der Waals surface area contributed by atoms with Gasteiger partial charge >= 0.3 is 0 Å². The van der Waals surface area contributed by atoms with Gasteiger partial charge in [-0.2, -0.15) is 0 Å². The molecule has 16 heavy (non-hydrogen) atoms. The predicted molar refractivity (Wildman–Crippen MR) is 62.9 cm³/mol. The summed E-state index contributed by atoms with van der Waals surface area (Å²) in [4.78, 5) is 14.1. The minimum atomic E-state index is -0.115. The molecule has 2 rings (SSSR count). The van der Waals surface area contributed by atoms with Crippen molar-refractivity contribution in [3.8, 4) is 0 Å². The molecule has 0 aromatic heterocycles. The van der Waals surface area contributed by atoms with Crippen LogP contribution in [0.15, 0.2) is 11.1 Å². The van der Waals surface area contributed by atoms with Crippen LogP contribution in [0.2, 0.25) is 0 Å². The Labute approximate surface area is 97.5 Å². The molecule has 2 aliphatic rings. The molecule has 0 N–H and O–H groups in total. The van der Waals surface area contributed by atoms with Crippen molar-refractivity contribution < 1.29 is 9.53 Å². The van der Waals surface area contributed by atoms with E-state index >= 15 is 0 Å². The molecular formula is C13H21NO2. The predicted octanol–water partition coefficient (Wildman–Crippen LogP) is 2.47. The van der Waals surface area contributed by atoms with E-state index in [1.54, 1.807) is 7.11 Å². The Bertz CT molecular complexity index is 316. The van der Waals surface area contributed by atoms with Crippen molar-refractivity contribution in [1.29, 1.82) is 0 Å². The first kappa shape index (κ1) is 11.6. The van der Waals surface area contributed by atoms with Crippen LogP contribution in [-0.4, -0.2) is 30.2 Å². The molecule has 0 unspecified atom stereocenters. The summed E-state index contributed by atoms with van der Waals surface area (Å²) in [6.45, 7) is 3.91. The fraction of sp³-hybridized carbons (Fsp3) is 0.769. The summed E-state index contributed by atoms with van der Waals surface area (Å²) in [7, 11) is 1.69. The molecule has 0 spiro atoms. The fourth-order valence-corrected chi connectivity index (χ4v) is 2.87. The maximum atomic E-state index is 12.2. The summed E-state index contributed by atoms with van der Waals surface area (Å²) >= 11 is 0. The van der Waals surface area contributed by atoms with Gasteiger partial charge in [0.05, 0.1) is 0 Å². The molecule has 3 nitrogen and oxygen atoms in total. The highest BCUT2D eigenvalue weighted by Crippen LogP contribution is 2.33. The second-order valence-corrected chi connectivity index (χ2v) is 4.90. The summed E-state index contributed by atoms with van der Waals surface area (Å²) in [6.07, 6.45) is 5.93. The average Bonchev–Trinajstić information content (AvgIpc) is 2.54. The molecule has 0 aromatic carbocycles. The third-order valence-corrected chi connectivity index (χ3v) is 3.96. The highest BCUT2D eigenvalue weighted by Gasteiger charge is 2.39. The molecule has 3 heteroatoms. The molecule has 0 radical (unpaired) electrons. The van der Waals surface area contributed by atoms with Gasteiger partial charge in [0.1, 0.15) is 0 Å². The minimum absolute atomic E-state index is 0.115. The van der Waals surface area contributed by atoms with Crippen LogP contribution < -0.4 is 0 Å². The number of methoxy groups -OCH3 is 1. The zero-order valence-corrected chi connectivity index (χ0v) is 10.5. The van der Waals surface area contributed by atoms with Crippen LogP contribution in [-0.2, 0) is 9.53 Å². The van der Waals surface area contributed by atoms with Crippen molar-refractivity contribution in [2.75, 3.05) is 7.11 Å². The van der Waals surface area contributed by atoms with E-state index in [-0.39, 0.29) is 12.1 Å². The van der Waals surface area contributed by atoms with E-state index in [4.69, 9.17) is 4.74 Å². The number of nitrogens with zero attached hydrogens (tertiary/aromatic N) is 1. The fourth-order valence-electron chi connectivity index (χ4n) is 2.87. The van der Waals surface area contributed by atoms with Crippen LogP contribution in [0, 0.1) is 0 Å². The van der Waals surface area contributed by atoms with Crippen molar-refractivity contribution in [1.82, 2.24) is 4.90 Å². The third-order valence-electron chi connectivity index (χ3n) is 3.96. The number of rotatable bonds is 2. The number of ether oxygens (including phenoxy) is 1. The summed E-state index contributed by atoms with van der Waals surface area (Å²) in [5.41, 5.74) is 1.95. The highest BCUT2D eigenvalue weighted by atomic mass is 16.5. The van der Waals surface area contributed by atoms with E-state index in [9.17, 15) is 4.79 Å². The number of amides is 1. The van der Waals surface area contributed by atoms with E-state index in [1.165, 1.54) is 19.3 Å². The van der Waals surface area contributed by atoms with Crippen molar-refractivity contribution in [3.63, 3.8) is 0 Å². The molecular weight excluding hydrogens is 202 g/mol. The summed E-state index contributed by atoms with van der Waals surface area (Å²) in [5, 5.41) is 0. The lowest BCUT2D eigenvalue weighted by atomic mass is 9.94. The minimum Gasteiger partial charge on any atom is -0.358 e. The van der Waals surface area contributed by atoms with Gasteiger partial charge in [0.15, 0.2) is 6.23 Å². The smallest absolute Gasteiger partial charge is 0.252 e. The third kappa shape index (κ3) is 1.77. The molecule has 0 bridgehead atoms. The van der Waals surface area contributed by atoms with Crippen LogP contribution in [0.4, 0.5) is 0 Å². The van der Waals surface area contributed by atoms with Crippen LogP contribution in [0.5, 0.6) is 0 Å². The lowest BCUT2D eigenvalue weighted by molar-refractivity contribution is -0.138. The molecule has 1 aliphatic carbocycles. The zero-order valence-electron chi connectivity index (χ0n) is 10.5. The zero-order chi connectivity index (χ0) is 11.7. The first-order valence-corrected chi connectivity index (χ1v) is 6.19. The van der Waals surface area contributed by atoms with Gasteiger partial charge in [-0.3, -0.25) is 4.79 Å². The number of hydrogen-bond acceptors (Lipinski definition) is 2. The summed E-state index contributed by atoms with van der Waals surface area (Å²) < 4.78 is 5.48. The molecule has 1 fully saturated rings. The van der Waals surface area contributed by atoms with Gasteiger partial charge in [-0.25, -0.2) is 0 Å². The lowest BCUT2D eigenvalue weighted by Gasteiger charge is -2.35. The number of hydrogen-bond donors (Lipinski definition) is 0. The van der Waals surface area contributed by atoms with E-state index in [0.717, 1.165) is 24.0 Å². The van der Waals surface area contributed by atoms with Crippen molar-refractivity contribution in [2.45, 2.75) is 58.2 Å². The first-order chi connectivity index (χ1) is 7.66. The lowest BCUT2D eigenvalue weighted by Crippen LogP contribution is -2.45. The molecule has 1 saturated carbocycles. The van der Waals surface area contributed by atoms with E-state index in [0.29, 0.717) is 6.04 Å². The molecule has 1 amide bonds. The Hall–Kier alpha value is -0.830. The second kappa shape index (κ2) is 4.58. The Kier molecular flexibility index (Phi) is 3.33. The topological polar surface area (TPSA) is 29.5 Å². The number of carbonyl (C=O) groups excluding carboxylic acids is 1. The first-order valence-electron chi connectivity index (χ1n) is 6.19. The Morgan fingerprint density at radius 2 is 1.81 bits per heavy atom. The Morgan fingerprint density at radius 3 is 2.38 bits per heavy atom. The standard InChI is InChI=1S/C13H21NO2/c1-9-10(2)13(16-3)14(12(9)15)11-7-5-4-6-8-11/h11,13H,4-8H2,1-3H3/t13-/m1/s1. The normalized spacial score (nSPS) is 28.1. The van der Waals surface area contributed by atoms with Gasteiger partial charge in [0, 0.05) is 18.7 Å². The van der Waals surface area contributed by atoms with E-state index in [1.807, 2.05) is 18.7 Å². The highest BCUT2D eigenvalue weighted by molar-refractivity contribution is 5.97. The molecule has 90 valence electrons. The van der Waals surface area contributed by atoms with Crippen molar-refractivity contribution in [3.05, 3.63) is 11.1 Å². The summed E-state index contributed by atoms with van der Waals surface area (Å²) in [5.74, 6) is 0.177. The molecule has 1 atom stereocenters. The Morgan fingerprint density at radius 1 is 1.19 bits per heavy atom.